The van der Waals surface area contributed by atoms with Gasteiger partial charge in [-0.2, -0.15) is 0 Å². The Labute approximate surface area is 230 Å². The first kappa shape index (κ1) is 29.0. The van der Waals surface area contributed by atoms with E-state index < -0.39 is 85.4 Å². The standard InChI is InChI=1S/C26H28O15/c27-7-14-17(30)20(33)23(36)26(40-14)41-15-8-37-25(22(35)18(15)31)38-11-5-12(29)16-13(6-11)39-24(21(34)19(16)32)9-1-3-10(28)4-2-9/h1-6,14-15,17-18,20,22-23,25-31,33-36H,7-8H2/t14-,15+,17-,18-,20+,22-,23-,25-,26+/m1/s1. The van der Waals surface area contributed by atoms with E-state index in [1.54, 1.807) is 0 Å². The van der Waals surface area contributed by atoms with E-state index in [0.717, 1.165) is 6.07 Å². The third kappa shape index (κ3) is 5.42. The van der Waals surface area contributed by atoms with Crippen molar-refractivity contribution in [3.63, 3.8) is 0 Å². The van der Waals surface area contributed by atoms with Gasteiger partial charge in [0.1, 0.15) is 70.9 Å². The SMILES string of the molecule is O=c1c(O)c(-c2ccc(O)cc2)oc2cc(O[C@H]3OC[C@H](O[C@@H]4O[C@H](CO)[C@@H](O)[C@H](O)[C@H]4O)[C@@H](O)[C@H]3O)cc(O)c12. The average Bonchev–Trinajstić information content (AvgIpc) is 2.95. The number of hydrogen-bond acceptors (Lipinski definition) is 15. The van der Waals surface area contributed by atoms with Crippen LogP contribution in [-0.2, 0) is 14.2 Å². The van der Waals surface area contributed by atoms with Crippen molar-refractivity contribution in [3.05, 3.63) is 46.6 Å². The summed E-state index contributed by atoms with van der Waals surface area (Å²) in [6, 6.07) is 7.64. The van der Waals surface area contributed by atoms with Gasteiger partial charge in [-0.15, -0.1) is 0 Å². The van der Waals surface area contributed by atoms with E-state index in [1.165, 1.54) is 30.3 Å². The van der Waals surface area contributed by atoms with Crippen molar-refractivity contribution in [1.82, 2.24) is 0 Å². The fourth-order valence-electron chi connectivity index (χ4n) is 4.62. The van der Waals surface area contributed by atoms with Gasteiger partial charge in [-0.1, -0.05) is 0 Å². The fraction of sp³-hybridized carbons (Fsp3) is 0.423. The summed E-state index contributed by atoms with van der Waals surface area (Å²) in [6.45, 7) is -1.10. The summed E-state index contributed by atoms with van der Waals surface area (Å²) in [6.07, 6.45) is -14.2. The van der Waals surface area contributed by atoms with Gasteiger partial charge in [0.25, 0.3) is 0 Å². The minimum absolute atomic E-state index is 0.0567. The van der Waals surface area contributed by atoms with Crippen LogP contribution in [0, 0.1) is 0 Å². The Bertz CT molecular complexity index is 1440. The molecule has 0 aliphatic carbocycles. The molecule has 0 radical (unpaired) electrons. The highest BCUT2D eigenvalue weighted by Crippen LogP contribution is 2.36. The van der Waals surface area contributed by atoms with Gasteiger partial charge in [-0.25, -0.2) is 0 Å². The molecule has 2 aliphatic heterocycles. The normalized spacial score (nSPS) is 32.2. The van der Waals surface area contributed by atoms with Gasteiger partial charge in [0.05, 0.1) is 13.2 Å². The van der Waals surface area contributed by atoms with E-state index in [9.17, 15) is 50.8 Å². The topological polar surface area (TPSA) is 249 Å². The number of aliphatic hydroxyl groups excluding tert-OH is 6. The maximum Gasteiger partial charge on any atom is 0.238 e. The first-order valence-electron chi connectivity index (χ1n) is 12.4. The van der Waals surface area contributed by atoms with Crippen LogP contribution in [0.15, 0.2) is 45.6 Å². The second kappa shape index (κ2) is 11.4. The van der Waals surface area contributed by atoms with Gasteiger partial charge >= 0.3 is 0 Å². The Morgan fingerprint density at radius 1 is 0.854 bits per heavy atom. The molecular formula is C26H28O15. The molecule has 0 spiro atoms. The number of ether oxygens (including phenoxy) is 4. The molecule has 0 amide bonds. The zero-order valence-corrected chi connectivity index (χ0v) is 21.0. The number of benzene rings is 2. The zero-order chi connectivity index (χ0) is 29.6. The lowest BCUT2D eigenvalue weighted by Crippen LogP contribution is -2.62. The molecule has 2 fully saturated rings. The summed E-state index contributed by atoms with van der Waals surface area (Å²) < 4.78 is 27.4. The molecule has 9 N–H and O–H groups in total. The van der Waals surface area contributed by atoms with Crippen molar-refractivity contribution in [1.29, 1.82) is 0 Å². The molecule has 41 heavy (non-hydrogen) atoms. The number of rotatable bonds is 6. The highest BCUT2D eigenvalue weighted by Gasteiger charge is 2.48. The van der Waals surface area contributed by atoms with Gasteiger partial charge < -0.3 is 69.3 Å². The quantitative estimate of drug-likeness (QED) is 0.156. The molecule has 3 aromatic rings. The van der Waals surface area contributed by atoms with Crippen LogP contribution >= 0.6 is 0 Å². The highest BCUT2D eigenvalue weighted by molar-refractivity contribution is 5.88. The largest absolute Gasteiger partial charge is 0.508 e. The molecule has 0 unspecified atom stereocenters. The van der Waals surface area contributed by atoms with Crippen molar-refractivity contribution >= 4 is 11.0 Å². The number of phenolic OH excluding ortho intramolecular Hbond substituents is 2. The summed E-state index contributed by atoms with van der Waals surface area (Å²) >= 11 is 0. The molecule has 2 saturated heterocycles. The molecule has 3 heterocycles. The summed E-state index contributed by atoms with van der Waals surface area (Å²) in [5.41, 5.74) is -0.874. The van der Waals surface area contributed by atoms with Crippen molar-refractivity contribution in [2.24, 2.45) is 0 Å². The van der Waals surface area contributed by atoms with Crippen molar-refractivity contribution in [3.8, 4) is 34.3 Å². The number of hydrogen-bond donors (Lipinski definition) is 9. The Morgan fingerprint density at radius 2 is 1.54 bits per heavy atom. The van der Waals surface area contributed by atoms with Crippen LogP contribution in [0.3, 0.4) is 0 Å². The summed E-state index contributed by atoms with van der Waals surface area (Å²) in [7, 11) is 0. The van der Waals surface area contributed by atoms with E-state index in [4.69, 9.17) is 23.4 Å². The van der Waals surface area contributed by atoms with E-state index in [-0.39, 0.29) is 33.8 Å². The predicted octanol–water partition coefficient (Wildman–Crippen LogP) is -1.78. The first-order valence-corrected chi connectivity index (χ1v) is 12.4. The van der Waals surface area contributed by atoms with Crippen LogP contribution in [0.25, 0.3) is 22.3 Å². The molecule has 0 bridgehead atoms. The third-order valence-corrected chi connectivity index (χ3v) is 6.90. The Kier molecular flexibility index (Phi) is 8.06. The van der Waals surface area contributed by atoms with Crippen LogP contribution < -0.4 is 10.2 Å². The molecule has 2 aliphatic rings. The summed E-state index contributed by atoms with van der Waals surface area (Å²) in [5, 5.41) is 90.6. The maximum atomic E-state index is 12.8. The molecule has 15 heteroatoms. The van der Waals surface area contributed by atoms with Gasteiger partial charge in [0.15, 0.2) is 12.1 Å². The number of phenols is 2. The molecule has 0 saturated carbocycles. The van der Waals surface area contributed by atoms with Gasteiger partial charge in [-0.05, 0) is 24.3 Å². The van der Waals surface area contributed by atoms with E-state index in [2.05, 4.69) is 0 Å². The lowest BCUT2D eigenvalue weighted by atomic mass is 9.99. The molecule has 5 rings (SSSR count). The van der Waals surface area contributed by atoms with Crippen LogP contribution in [0.1, 0.15) is 0 Å². The number of aliphatic hydroxyl groups is 6. The Morgan fingerprint density at radius 3 is 2.22 bits per heavy atom. The predicted molar refractivity (Wildman–Crippen MR) is 134 cm³/mol. The molecule has 1 aromatic heterocycles. The van der Waals surface area contributed by atoms with Crippen molar-refractivity contribution in [2.45, 2.75) is 55.3 Å². The van der Waals surface area contributed by atoms with Crippen molar-refractivity contribution in [2.75, 3.05) is 13.2 Å². The van der Waals surface area contributed by atoms with Crippen LogP contribution in [0.2, 0.25) is 0 Å². The second-order valence-corrected chi connectivity index (χ2v) is 9.64. The van der Waals surface area contributed by atoms with E-state index >= 15 is 0 Å². The van der Waals surface area contributed by atoms with Crippen molar-refractivity contribution < 1.29 is 69.3 Å². The monoisotopic (exact) mass is 580 g/mol. The Balaban J connectivity index is 1.34. The molecule has 2 aromatic carbocycles. The van der Waals surface area contributed by atoms with Crippen LogP contribution in [0.5, 0.6) is 23.0 Å². The Hall–Kier alpha value is -3.51. The molecule has 9 atom stereocenters. The number of fused-ring (bicyclic) bond motifs is 1. The molecular weight excluding hydrogens is 552 g/mol. The molecule has 15 nitrogen and oxygen atoms in total. The average molecular weight is 580 g/mol. The summed E-state index contributed by atoms with van der Waals surface area (Å²) in [4.78, 5) is 12.8. The second-order valence-electron chi connectivity index (χ2n) is 9.64. The zero-order valence-electron chi connectivity index (χ0n) is 21.0. The lowest BCUT2D eigenvalue weighted by Gasteiger charge is -2.43. The fourth-order valence-corrected chi connectivity index (χ4v) is 4.62. The third-order valence-electron chi connectivity index (χ3n) is 6.90. The summed E-state index contributed by atoms with van der Waals surface area (Å²) in [5.74, 6) is -1.83. The first-order chi connectivity index (χ1) is 19.5. The van der Waals surface area contributed by atoms with Gasteiger partial charge in [-0.3, -0.25) is 4.79 Å². The highest BCUT2D eigenvalue weighted by atomic mass is 16.7. The number of aromatic hydroxyl groups is 3. The minimum atomic E-state index is -1.75. The van der Waals surface area contributed by atoms with E-state index in [1.807, 2.05) is 0 Å². The smallest absolute Gasteiger partial charge is 0.238 e. The van der Waals surface area contributed by atoms with E-state index in [0.29, 0.717) is 0 Å². The minimum Gasteiger partial charge on any atom is -0.508 e. The lowest BCUT2D eigenvalue weighted by molar-refractivity contribution is -0.338. The maximum absolute atomic E-state index is 12.8. The van der Waals surface area contributed by atoms with Crippen LogP contribution in [-0.4, -0.2) is 114 Å². The molecule has 222 valence electrons. The van der Waals surface area contributed by atoms with Gasteiger partial charge in [0.2, 0.25) is 17.5 Å². The van der Waals surface area contributed by atoms with Gasteiger partial charge in [0, 0.05) is 17.7 Å². The van der Waals surface area contributed by atoms with Crippen LogP contribution in [0.4, 0.5) is 0 Å².